The van der Waals surface area contributed by atoms with Gasteiger partial charge in [-0.05, 0) is 53.0 Å². The Morgan fingerprint density at radius 2 is 2.32 bits per heavy atom. The highest BCUT2D eigenvalue weighted by Gasteiger charge is 2.38. The van der Waals surface area contributed by atoms with E-state index in [4.69, 9.17) is 5.73 Å². The van der Waals surface area contributed by atoms with Crippen molar-refractivity contribution in [3.8, 4) is 0 Å². The first-order valence-corrected chi connectivity index (χ1v) is 6.88. The van der Waals surface area contributed by atoms with Crippen LogP contribution in [-0.2, 0) is 11.3 Å². The predicted octanol–water partition coefficient (Wildman–Crippen LogP) is 1.40. The Bertz CT molecular complexity index is 498. The average Bonchev–Trinajstić information content (AvgIpc) is 2.34. The van der Waals surface area contributed by atoms with Crippen LogP contribution in [0.25, 0.3) is 0 Å². The Labute approximate surface area is 119 Å². The van der Waals surface area contributed by atoms with Crippen molar-refractivity contribution in [2.24, 2.45) is 5.73 Å². The first-order valence-electron chi connectivity index (χ1n) is 6.09. The molecule has 0 spiro atoms. The van der Waals surface area contributed by atoms with Gasteiger partial charge in [-0.2, -0.15) is 0 Å². The molecule has 1 saturated heterocycles. The SMILES string of the molecule is NC(=O)[C@]1(O)CCCN(Cc2ccc(Br)c(F)c2)C1. The molecule has 1 aromatic carbocycles. The molecule has 0 aromatic heterocycles. The molecule has 1 aromatic rings. The molecule has 0 aliphatic carbocycles. The number of primary amides is 1. The van der Waals surface area contributed by atoms with Crippen molar-refractivity contribution in [1.82, 2.24) is 4.90 Å². The van der Waals surface area contributed by atoms with Crippen LogP contribution in [0.3, 0.4) is 0 Å². The van der Waals surface area contributed by atoms with E-state index in [0.29, 0.717) is 23.9 Å². The maximum absolute atomic E-state index is 13.4. The van der Waals surface area contributed by atoms with E-state index >= 15 is 0 Å². The molecule has 1 atom stereocenters. The number of carbonyl (C=O) groups is 1. The number of nitrogens with two attached hydrogens (primary N) is 1. The van der Waals surface area contributed by atoms with Gasteiger partial charge in [0.2, 0.25) is 0 Å². The summed E-state index contributed by atoms with van der Waals surface area (Å²) < 4.78 is 13.8. The summed E-state index contributed by atoms with van der Waals surface area (Å²) in [5.41, 5.74) is 4.55. The summed E-state index contributed by atoms with van der Waals surface area (Å²) in [6.45, 7) is 1.44. The summed E-state index contributed by atoms with van der Waals surface area (Å²) in [6, 6.07) is 4.90. The molecule has 1 aliphatic rings. The van der Waals surface area contributed by atoms with Crippen molar-refractivity contribution >= 4 is 21.8 Å². The summed E-state index contributed by atoms with van der Waals surface area (Å²) >= 11 is 3.10. The third kappa shape index (κ3) is 3.32. The van der Waals surface area contributed by atoms with Crippen molar-refractivity contribution in [1.29, 1.82) is 0 Å². The van der Waals surface area contributed by atoms with Gasteiger partial charge in [-0.25, -0.2) is 4.39 Å². The zero-order valence-electron chi connectivity index (χ0n) is 10.4. The van der Waals surface area contributed by atoms with Crippen molar-refractivity contribution < 1.29 is 14.3 Å². The fraction of sp³-hybridized carbons (Fsp3) is 0.462. The van der Waals surface area contributed by atoms with E-state index in [0.717, 1.165) is 12.1 Å². The lowest BCUT2D eigenvalue weighted by molar-refractivity contribution is -0.142. The summed E-state index contributed by atoms with van der Waals surface area (Å²) in [5.74, 6) is -1.01. The van der Waals surface area contributed by atoms with Gasteiger partial charge in [0.25, 0.3) is 5.91 Å². The van der Waals surface area contributed by atoms with Gasteiger partial charge in [-0.15, -0.1) is 0 Å². The monoisotopic (exact) mass is 330 g/mol. The molecule has 0 saturated carbocycles. The number of piperidine rings is 1. The van der Waals surface area contributed by atoms with Gasteiger partial charge in [-0.1, -0.05) is 6.07 Å². The maximum atomic E-state index is 13.4. The summed E-state index contributed by atoms with van der Waals surface area (Å²) in [7, 11) is 0. The average molecular weight is 331 g/mol. The fourth-order valence-corrected chi connectivity index (χ4v) is 2.60. The standard InChI is InChI=1S/C13H16BrFN2O2/c14-10-3-2-9(6-11(10)15)7-17-5-1-4-13(19,8-17)12(16)18/h2-3,6,19H,1,4-5,7-8H2,(H2,16,18)/t13-/m0/s1. The summed E-state index contributed by atoms with van der Waals surface area (Å²) in [4.78, 5) is 13.2. The molecule has 1 amide bonds. The van der Waals surface area contributed by atoms with Crippen LogP contribution in [0.4, 0.5) is 4.39 Å². The molecular weight excluding hydrogens is 315 g/mol. The minimum Gasteiger partial charge on any atom is -0.379 e. The zero-order valence-corrected chi connectivity index (χ0v) is 12.0. The molecule has 0 bridgehead atoms. The third-order valence-electron chi connectivity index (χ3n) is 3.40. The van der Waals surface area contributed by atoms with E-state index in [1.165, 1.54) is 6.07 Å². The molecule has 6 heteroatoms. The molecule has 4 nitrogen and oxygen atoms in total. The first-order chi connectivity index (χ1) is 8.90. The summed E-state index contributed by atoms with van der Waals surface area (Å²) in [5, 5.41) is 10.1. The molecule has 0 unspecified atom stereocenters. The number of aliphatic hydroxyl groups is 1. The smallest absolute Gasteiger partial charge is 0.250 e. The van der Waals surface area contributed by atoms with Gasteiger partial charge < -0.3 is 10.8 Å². The fourth-order valence-electron chi connectivity index (χ4n) is 2.36. The molecule has 1 fully saturated rings. The van der Waals surface area contributed by atoms with E-state index in [9.17, 15) is 14.3 Å². The molecule has 19 heavy (non-hydrogen) atoms. The number of β-amino-alcohol motifs (C(OH)–C–C–N with tert-alkyl or cyclic N) is 1. The number of hydrogen-bond donors (Lipinski definition) is 2. The number of halogens is 2. The molecule has 2 rings (SSSR count). The Morgan fingerprint density at radius 3 is 2.95 bits per heavy atom. The largest absolute Gasteiger partial charge is 0.379 e. The van der Waals surface area contributed by atoms with Crippen molar-refractivity contribution in [2.75, 3.05) is 13.1 Å². The number of benzene rings is 1. The van der Waals surface area contributed by atoms with E-state index in [1.54, 1.807) is 6.07 Å². The highest BCUT2D eigenvalue weighted by atomic mass is 79.9. The third-order valence-corrected chi connectivity index (χ3v) is 4.04. The van der Waals surface area contributed by atoms with Gasteiger partial charge in [0.05, 0.1) is 4.47 Å². The molecule has 1 heterocycles. The van der Waals surface area contributed by atoms with Crippen molar-refractivity contribution in [3.05, 3.63) is 34.1 Å². The Kier molecular flexibility index (Phi) is 4.23. The molecular formula is C13H16BrFN2O2. The zero-order chi connectivity index (χ0) is 14.0. The highest BCUT2D eigenvalue weighted by molar-refractivity contribution is 9.10. The first kappa shape index (κ1) is 14.4. The maximum Gasteiger partial charge on any atom is 0.250 e. The van der Waals surface area contributed by atoms with Gasteiger partial charge in [0.1, 0.15) is 5.82 Å². The number of likely N-dealkylation sites (tertiary alicyclic amines) is 1. The van der Waals surface area contributed by atoms with Crippen LogP contribution in [0.5, 0.6) is 0 Å². The minimum absolute atomic E-state index is 0.194. The number of hydrogen-bond acceptors (Lipinski definition) is 3. The van der Waals surface area contributed by atoms with Crippen LogP contribution in [0, 0.1) is 5.82 Å². The molecule has 1 aliphatic heterocycles. The molecule has 3 N–H and O–H groups in total. The van der Waals surface area contributed by atoms with Gasteiger partial charge >= 0.3 is 0 Å². The van der Waals surface area contributed by atoms with Crippen LogP contribution < -0.4 is 5.73 Å². The van der Waals surface area contributed by atoms with Crippen LogP contribution in [0.1, 0.15) is 18.4 Å². The number of nitrogens with zero attached hydrogens (tertiary/aromatic N) is 1. The Balaban J connectivity index is 2.06. The minimum atomic E-state index is -1.47. The number of amides is 1. The molecule has 104 valence electrons. The van der Waals surface area contributed by atoms with E-state index in [-0.39, 0.29) is 12.4 Å². The molecule has 0 radical (unpaired) electrons. The van der Waals surface area contributed by atoms with Crippen molar-refractivity contribution in [2.45, 2.75) is 25.0 Å². The van der Waals surface area contributed by atoms with Crippen molar-refractivity contribution in [3.63, 3.8) is 0 Å². The number of rotatable bonds is 3. The Morgan fingerprint density at radius 1 is 1.58 bits per heavy atom. The van der Waals surface area contributed by atoms with E-state index < -0.39 is 11.5 Å². The lowest BCUT2D eigenvalue weighted by Gasteiger charge is -2.37. The van der Waals surface area contributed by atoms with E-state index in [1.807, 2.05) is 11.0 Å². The quantitative estimate of drug-likeness (QED) is 0.880. The predicted molar refractivity (Wildman–Crippen MR) is 72.8 cm³/mol. The van der Waals surface area contributed by atoms with Crippen LogP contribution in [0.2, 0.25) is 0 Å². The second kappa shape index (κ2) is 5.56. The summed E-state index contributed by atoms with van der Waals surface area (Å²) in [6.07, 6.45) is 1.08. The second-order valence-electron chi connectivity index (χ2n) is 4.96. The van der Waals surface area contributed by atoms with Gasteiger partial charge in [-0.3, -0.25) is 9.69 Å². The van der Waals surface area contributed by atoms with Crippen LogP contribution >= 0.6 is 15.9 Å². The highest BCUT2D eigenvalue weighted by Crippen LogP contribution is 2.23. The normalized spacial score (nSPS) is 24.4. The second-order valence-corrected chi connectivity index (χ2v) is 5.81. The lowest BCUT2D eigenvalue weighted by Crippen LogP contribution is -2.55. The topological polar surface area (TPSA) is 66.6 Å². The van der Waals surface area contributed by atoms with E-state index in [2.05, 4.69) is 15.9 Å². The lowest BCUT2D eigenvalue weighted by atomic mass is 9.92. The van der Waals surface area contributed by atoms with Crippen LogP contribution in [-0.4, -0.2) is 34.6 Å². The van der Waals surface area contributed by atoms with Crippen LogP contribution in [0.15, 0.2) is 22.7 Å². The van der Waals surface area contributed by atoms with Gasteiger partial charge in [0, 0.05) is 13.1 Å². The Hall–Kier alpha value is -0.980. The van der Waals surface area contributed by atoms with Gasteiger partial charge in [0.15, 0.2) is 5.60 Å². The number of carbonyl (C=O) groups excluding carboxylic acids is 1.